The van der Waals surface area contributed by atoms with Crippen LogP contribution in [0.15, 0.2) is 73.3 Å². The van der Waals surface area contributed by atoms with Gasteiger partial charge in [0.05, 0.1) is 0 Å². The van der Waals surface area contributed by atoms with E-state index in [-0.39, 0.29) is 11.8 Å². The quantitative estimate of drug-likeness (QED) is 0.344. The highest BCUT2D eigenvalue weighted by molar-refractivity contribution is 6.02. The van der Waals surface area contributed by atoms with Crippen LogP contribution in [0.25, 0.3) is 0 Å². The molecule has 3 aromatic carbocycles. The van der Waals surface area contributed by atoms with Crippen molar-refractivity contribution in [3.63, 3.8) is 0 Å². The van der Waals surface area contributed by atoms with Crippen molar-refractivity contribution in [2.24, 2.45) is 0 Å². The van der Waals surface area contributed by atoms with E-state index >= 15 is 0 Å². The van der Waals surface area contributed by atoms with Gasteiger partial charge in [-0.15, -0.1) is 0 Å². The summed E-state index contributed by atoms with van der Waals surface area (Å²) in [6, 6.07) is 20.5. The third-order valence-corrected chi connectivity index (χ3v) is 8.20. The van der Waals surface area contributed by atoms with Crippen LogP contribution in [-0.2, 0) is 10.3 Å². The lowest BCUT2D eigenvalue weighted by molar-refractivity contribution is -0.116. The van der Waals surface area contributed by atoms with Gasteiger partial charge in [-0.25, -0.2) is 0 Å². The normalized spacial score (nSPS) is 14.2. The molecular formula is C33H38N4O3. The zero-order chi connectivity index (χ0) is 28.4. The van der Waals surface area contributed by atoms with Gasteiger partial charge in [0.2, 0.25) is 5.91 Å². The van der Waals surface area contributed by atoms with E-state index < -0.39 is 5.54 Å². The molecule has 0 radical (unpaired) electrons. The maximum atomic E-state index is 14.1. The van der Waals surface area contributed by atoms with Crippen molar-refractivity contribution in [2.45, 2.75) is 33.2 Å². The number of hydrogen-bond donors (Lipinski definition) is 1. The van der Waals surface area contributed by atoms with E-state index in [1.165, 1.54) is 6.08 Å². The Morgan fingerprint density at radius 1 is 0.875 bits per heavy atom. The summed E-state index contributed by atoms with van der Waals surface area (Å²) >= 11 is 0. The monoisotopic (exact) mass is 538 g/mol. The fourth-order valence-corrected chi connectivity index (χ4v) is 6.26. The van der Waals surface area contributed by atoms with Crippen LogP contribution in [0, 0.1) is 0 Å². The molecule has 0 aromatic heterocycles. The van der Waals surface area contributed by atoms with Gasteiger partial charge < -0.3 is 24.8 Å². The number of amides is 2. The van der Waals surface area contributed by atoms with Crippen LogP contribution in [0.2, 0.25) is 0 Å². The second kappa shape index (κ2) is 11.1. The minimum atomic E-state index is -0.904. The standard InChI is InChI=1S/C33H38N4O3/c1-6-31(38)34-19-20-37-32(39)25-13-11-12-14-26(25)33(37)27-17-15-23(35(7-2)8-3)21-29(27)40-30-22-24(16-18-28(30)33)36(9-4)10-5/h6,11-18,21-22H,1,7-10,19-20H2,2-5H3,(H,34,38). The molecule has 40 heavy (non-hydrogen) atoms. The minimum absolute atomic E-state index is 0.0668. The van der Waals surface area contributed by atoms with Crippen LogP contribution in [0.3, 0.4) is 0 Å². The fraction of sp³-hybridized carbons (Fsp3) is 0.333. The highest BCUT2D eigenvalue weighted by Crippen LogP contribution is 2.58. The molecule has 5 rings (SSSR count). The summed E-state index contributed by atoms with van der Waals surface area (Å²) < 4.78 is 6.71. The van der Waals surface area contributed by atoms with Crippen molar-refractivity contribution in [3.05, 3.63) is 95.6 Å². The van der Waals surface area contributed by atoms with Gasteiger partial charge >= 0.3 is 0 Å². The lowest BCUT2D eigenvalue weighted by Crippen LogP contribution is -2.50. The largest absolute Gasteiger partial charge is 0.456 e. The zero-order valence-electron chi connectivity index (χ0n) is 23.9. The van der Waals surface area contributed by atoms with Gasteiger partial charge in [-0.1, -0.05) is 36.9 Å². The van der Waals surface area contributed by atoms with Gasteiger partial charge in [-0.3, -0.25) is 9.59 Å². The summed E-state index contributed by atoms with van der Waals surface area (Å²) in [7, 11) is 0. The number of carbonyl (C=O) groups excluding carboxylic acids is 2. The highest BCUT2D eigenvalue weighted by atomic mass is 16.5. The Morgan fingerprint density at radius 2 is 1.43 bits per heavy atom. The van der Waals surface area contributed by atoms with E-state index in [1.54, 1.807) is 0 Å². The van der Waals surface area contributed by atoms with Crippen LogP contribution in [0.1, 0.15) is 54.7 Å². The molecule has 1 spiro atoms. The number of benzene rings is 3. The van der Waals surface area contributed by atoms with Gasteiger partial charge in [-0.2, -0.15) is 0 Å². The number of anilines is 2. The number of nitrogens with zero attached hydrogens (tertiary/aromatic N) is 3. The Morgan fingerprint density at radius 3 is 1.95 bits per heavy atom. The smallest absolute Gasteiger partial charge is 0.255 e. The van der Waals surface area contributed by atoms with E-state index in [4.69, 9.17) is 4.74 Å². The molecule has 0 saturated heterocycles. The highest BCUT2D eigenvalue weighted by Gasteiger charge is 2.56. The van der Waals surface area contributed by atoms with E-state index in [0.717, 1.165) is 65.7 Å². The number of ether oxygens (including phenoxy) is 1. The van der Waals surface area contributed by atoms with Gasteiger partial charge in [0.15, 0.2) is 0 Å². The molecule has 1 N–H and O–H groups in total. The average molecular weight is 539 g/mol. The van der Waals surface area contributed by atoms with Crippen LogP contribution >= 0.6 is 0 Å². The summed E-state index contributed by atoms with van der Waals surface area (Å²) in [6.07, 6.45) is 1.25. The Kier molecular flexibility index (Phi) is 7.57. The van der Waals surface area contributed by atoms with Crippen molar-refractivity contribution in [1.82, 2.24) is 10.2 Å². The molecule has 2 heterocycles. The number of hydrogen-bond acceptors (Lipinski definition) is 5. The molecule has 0 bridgehead atoms. The van der Waals surface area contributed by atoms with E-state index in [9.17, 15) is 9.59 Å². The molecule has 2 aliphatic rings. The molecule has 2 amide bonds. The Labute approximate surface area is 237 Å². The number of nitrogens with one attached hydrogen (secondary N) is 1. The molecule has 2 aliphatic heterocycles. The molecule has 208 valence electrons. The maximum Gasteiger partial charge on any atom is 0.255 e. The first-order chi connectivity index (χ1) is 19.4. The van der Waals surface area contributed by atoms with Gasteiger partial charge in [0.25, 0.3) is 5.91 Å². The first-order valence-electron chi connectivity index (χ1n) is 14.2. The number of rotatable bonds is 10. The lowest BCUT2D eigenvalue weighted by atomic mass is 9.74. The second-order valence-corrected chi connectivity index (χ2v) is 10.0. The Hall–Kier alpha value is -4.26. The average Bonchev–Trinajstić information content (AvgIpc) is 3.22. The molecule has 0 aliphatic carbocycles. The summed E-state index contributed by atoms with van der Waals surface area (Å²) in [4.78, 5) is 32.6. The van der Waals surface area contributed by atoms with Crippen LogP contribution in [0.5, 0.6) is 11.5 Å². The SMILES string of the molecule is C=CC(=O)NCCN1C(=O)c2ccccc2C12c1ccc(N(CC)CC)cc1Oc1cc(N(CC)CC)ccc12. The molecule has 0 fully saturated rings. The van der Waals surface area contributed by atoms with Gasteiger partial charge in [-0.05, 0) is 57.5 Å². The number of fused-ring (bicyclic) bond motifs is 6. The van der Waals surface area contributed by atoms with Crippen molar-refractivity contribution >= 4 is 23.2 Å². The third-order valence-electron chi connectivity index (χ3n) is 8.20. The first kappa shape index (κ1) is 27.3. The Bertz CT molecular complexity index is 1380. The summed E-state index contributed by atoms with van der Waals surface area (Å²) in [6.45, 7) is 16.2. The third kappa shape index (κ3) is 4.21. The molecule has 7 nitrogen and oxygen atoms in total. The topological polar surface area (TPSA) is 65.1 Å². The van der Waals surface area contributed by atoms with Gasteiger partial charge in [0.1, 0.15) is 17.0 Å². The summed E-state index contributed by atoms with van der Waals surface area (Å²) in [5, 5.41) is 2.86. The van der Waals surface area contributed by atoms with Crippen molar-refractivity contribution in [3.8, 4) is 11.5 Å². The maximum absolute atomic E-state index is 14.1. The number of carbonyl (C=O) groups is 2. The predicted molar refractivity (Wildman–Crippen MR) is 161 cm³/mol. The molecule has 3 aromatic rings. The molecule has 0 atom stereocenters. The van der Waals surface area contributed by atoms with Crippen molar-refractivity contribution < 1.29 is 14.3 Å². The fourth-order valence-electron chi connectivity index (χ4n) is 6.26. The zero-order valence-corrected chi connectivity index (χ0v) is 23.9. The van der Waals surface area contributed by atoms with E-state index in [0.29, 0.717) is 18.7 Å². The Balaban J connectivity index is 1.77. The summed E-state index contributed by atoms with van der Waals surface area (Å²) in [5.41, 5.74) is 4.66. The second-order valence-electron chi connectivity index (χ2n) is 10.0. The predicted octanol–water partition coefficient (Wildman–Crippen LogP) is 5.53. The van der Waals surface area contributed by atoms with Crippen LogP contribution in [0.4, 0.5) is 11.4 Å². The molecule has 0 unspecified atom stereocenters. The molecular weight excluding hydrogens is 500 g/mol. The van der Waals surface area contributed by atoms with E-state index in [2.05, 4.69) is 85.8 Å². The lowest BCUT2D eigenvalue weighted by Gasteiger charge is -2.45. The van der Waals surface area contributed by atoms with Crippen molar-refractivity contribution in [1.29, 1.82) is 0 Å². The molecule has 7 heteroatoms. The van der Waals surface area contributed by atoms with Crippen LogP contribution < -0.4 is 19.9 Å². The van der Waals surface area contributed by atoms with Crippen molar-refractivity contribution in [2.75, 3.05) is 49.1 Å². The summed E-state index contributed by atoms with van der Waals surface area (Å²) in [5.74, 6) is 1.14. The van der Waals surface area contributed by atoms with Crippen LogP contribution in [-0.4, -0.2) is 56.0 Å². The first-order valence-corrected chi connectivity index (χ1v) is 14.2. The van der Waals surface area contributed by atoms with Gasteiger partial charge in [0, 0.05) is 79.5 Å². The molecule has 0 saturated carbocycles. The minimum Gasteiger partial charge on any atom is -0.456 e. The van der Waals surface area contributed by atoms with E-state index in [1.807, 2.05) is 29.2 Å².